The zero-order valence-electron chi connectivity index (χ0n) is 11.9. The van der Waals surface area contributed by atoms with Crippen molar-refractivity contribution in [2.45, 2.75) is 64.4 Å². The monoisotopic (exact) mass is 268 g/mol. The molecule has 2 aliphatic carbocycles. The molecular formula is C15H24O4. The Labute approximate surface area is 114 Å². The molecule has 4 heteroatoms. The summed E-state index contributed by atoms with van der Waals surface area (Å²) in [6.07, 6.45) is 5.12. The minimum Gasteiger partial charge on any atom is -0.465 e. The van der Waals surface area contributed by atoms with Crippen LogP contribution in [0.2, 0.25) is 0 Å². The van der Waals surface area contributed by atoms with Crippen LogP contribution in [0.4, 0.5) is 0 Å². The Bertz CT molecular complexity index is 374. The lowest BCUT2D eigenvalue weighted by molar-refractivity contribution is -0.206. The van der Waals surface area contributed by atoms with Crippen molar-refractivity contribution in [3.05, 3.63) is 0 Å². The van der Waals surface area contributed by atoms with E-state index >= 15 is 0 Å². The molecule has 0 heterocycles. The summed E-state index contributed by atoms with van der Waals surface area (Å²) < 4.78 is 5.22. The third-order valence-corrected chi connectivity index (χ3v) is 5.07. The minimum atomic E-state index is -1.19. The SMILES string of the molecule is CCOC(=O)[C@@]12CCCC[C@]1(O)[C@@H](C(C)=O)CCC2. The molecule has 0 amide bonds. The smallest absolute Gasteiger partial charge is 0.315 e. The van der Waals surface area contributed by atoms with Gasteiger partial charge in [-0.3, -0.25) is 9.59 Å². The first-order chi connectivity index (χ1) is 8.98. The summed E-state index contributed by atoms with van der Waals surface area (Å²) >= 11 is 0. The van der Waals surface area contributed by atoms with E-state index in [2.05, 4.69) is 0 Å². The molecule has 0 aromatic heterocycles. The molecule has 4 nitrogen and oxygen atoms in total. The second kappa shape index (κ2) is 5.23. The number of hydrogen-bond donors (Lipinski definition) is 1. The molecule has 0 spiro atoms. The highest BCUT2D eigenvalue weighted by atomic mass is 16.5. The standard InChI is InChI=1S/C15H24O4/c1-3-19-13(17)14-8-4-5-10-15(14,18)12(11(2)16)7-6-9-14/h12,18H,3-10H2,1-2H3/t12-,14+,15+/m1/s1. The summed E-state index contributed by atoms with van der Waals surface area (Å²) in [5.74, 6) is -0.716. The highest BCUT2D eigenvalue weighted by Gasteiger charge is 2.63. The molecule has 2 fully saturated rings. The lowest BCUT2D eigenvalue weighted by atomic mass is 9.52. The molecule has 0 aromatic rings. The maximum absolute atomic E-state index is 12.4. The largest absolute Gasteiger partial charge is 0.465 e. The molecule has 1 N–H and O–H groups in total. The predicted molar refractivity (Wildman–Crippen MR) is 70.5 cm³/mol. The molecule has 0 aliphatic heterocycles. The van der Waals surface area contributed by atoms with E-state index in [9.17, 15) is 14.7 Å². The Kier molecular flexibility index (Phi) is 4.00. The van der Waals surface area contributed by atoms with Crippen LogP contribution in [0.25, 0.3) is 0 Å². The van der Waals surface area contributed by atoms with Crippen LogP contribution < -0.4 is 0 Å². The van der Waals surface area contributed by atoms with Crippen molar-refractivity contribution < 1.29 is 19.4 Å². The molecule has 0 saturated heterocycles. The molecule has 2 saturated carbocycles. The van der Waals surface area contributed by atoms with Gasteiger partial charge in [0.25, 0.3) is 0 Å². The third kappa shape index (κ3) is 2.10. The molecule has 0 bridgehead atoms. The normalized spacial score (nSPS) is 38.4. The maximum atomic E-state index is 12.4. The van der Waals surface area contributed by atoms with E-state index in [0.717, 1.165) is 19.3 Å². The number of ketones is 1. The second-order valence-corrected chi connectivity index (χ2v) is 5.99. The van der Waals surface area contributed by atoms with Crippen LogP contribution in [0.5, 0.6) is 0 Å². The fourth-order valence-corrected chi connectivity index (χ4v) is 4.16. The number of esters is 1. The van der Waals surface area contributed by atoms with Gasteiger partial charge in [-0.25, -0.2) is 0 Å². The van der Waals surface area contributed by atoms with E-state index < -0.39 is 16.9 Å². The summed E-state index contributed by atoms with van der Waals surface area (Å²) in [5, 5.41) is 11.1. The number of Topliss-reactive ketones (excluding diaryl/α,β-unsaturated/α-hetero) is 1. The van der Waals surface area contributed by atoms with Crippen molar-refractivity contribution in [3.8, 4) is 0 Å². The van der Waals surface area contributed by atoms with Gasteiger partial charge >= 0.3 is 5.97 Å². The van der Waals surface area contributed by atoms with Crippen LogP contribution in [0.3, 0.4) is 0 Å². The van der Waals surface area contributed by atoms with Gasteiger partial charge in [0, 0.05) is 5.92 Å². The van der Waals surface area contributed by atoms with Crippen molar-refractivity contribution in [2.75, 3.05) is 6.61 Å². The lowest BCUT2D eigenvalue weighted by Gasteiger charge is -2.54. The van der Waals surface area contributed by atoms with Gasteiger partial charge in [-0.1, -0.05) is 19.3 Å². The zero-order chi connectivity index (χ0) is 14.1. The Morgan fingerprint density at radius 2 is 1.84 bits per heavy atom. The molecule has 0 unspecified atom stereocenters. The number of ether oxygens (including phenoxy) is 1. The van der Waals surface area contributed by atoms with Crippen LogP contribution in [-0.2, 0) is 14.3 Å². The first-order valence-electron chi connectivity index (χ1n) is 7.38. The summed E-state index contributed by atoms with van der Waals surface area (Å²) in [7, 11) is 0. The number of rotatable bonds is 3. The van der Waals surface area contributed by atoms with E-state index in [1.807, 2.05) is 0 Å². The number of aliphatic hydroxyl groups is 1. The van der Waals surface area contributed by atoms with Crippen LogP contribution in [0, 0.1) is 11.3 Å². The molecule has 0 radical (unpaired) electrons. The van der Waals surface area contributed by atoms with Crippen LogP contribution in [-0.4, -0.2) is 29.1 Å². The first kappa shape index (κ1) is 14.5. The highest BCUT2D eigenvalue weighted by Crippen LogP contribution is 2.56. The van der Waals surface area contributed by atoms with Gasteiger partial charge in [0.15, 0.2) is 0 Å². The van der Waals surface area contributed by atoms with Gasteiger partial charge in [-0.05, 0) is 39.5 Å². The van der Waals surface area contributed by atoms with Crippen molar-refractivity contribution in [1.29, 1.82) is 0 Å². The van der Waals surface area contributed by atoms with Crippen molar-refractivity contribution >= 4 is 11.8 Å². The molecule has 19 heavy (non-hydrogen) atoms. The van der Waals surface area contributed by atoms with Gasteiger partial charge in [-0.15, -0.1) is 0 Å². The molecule has 2 rings (SSSR count). The predicted octanol–water partition coefficient (Wildman–Crippen LogP) is 2.23. The molecule has 0 aromatic carbocycles. The van der Waals surface area contributed by atoms with Crippen LogP contribution in [0.15, 0.2) is 0 Å². The topological polar surface area (TPSA) is 63.6 Å². The van der Waals surface area contributed by atoms with Gasteiger partial charge in [0.2, 0.25) is 0 Å². The third-order valence-electron chi connectivity index (χ3n) is 5.07. The van der Waals surface area contributed by atoms with E-state index in [0.29, 0.717) is 32.3 Å². The van der Waals surface area contributed by atoms with Gasteiger partial charge in [0.05, 0.1) is 17.6 Å². The second-order valence-electron chi connectivity index (χ2n) is 5.99. The van der Waals surface area contributed by atoms with E-state index in [-0.39, 0.29) is 11.8 Å². The number of hydrogen-bond acceptors (Lipinski definition) is 4. The average Bonchev–Trinajstić information content (AvgIpc) is 2.37. The molecule has 2 aliphatic rings. The van der Waals surface area contributed by atoms with Crippen LogP contribution in [0.1, 0.15) is 58.8 Å². The summed E-state index contributed by atoms with van der Waals surface area (Å²) in [6.45, 7) is 3.63. The molecule has 3 atom stereocenters. The van der Waals surface area contributed by atoms with Crippen LogP contribution >= 0.6 is 0 Å². The van der Waals surface area contributed by atoms with Crippen molar-refractivity contribution in [2.24, 2.45) is 11.3 Å². The van der Waals surface area contributed by atoms with E-state index in [1.165, 1.54) is 6.92 Å². The Balaban J connectivity index is 2.41. The highest BCUT2D eigenvalue weighted by molar-refractivity contribution is 5.84. The average molecular weight is 268 g/mol. The van der Waals surface area contributed by atoms with Gasteiger partial charge in [-0.2, -0.15) is 0 Å². The molecule has 108 valence electrons. The minimum absolute atomic E-state index is 0.00206. The van der Waals surface area contributed by atoms with E-state index in [1.54, 1.807) is 6.92 Å². The number of carbonyl (C=O) groups is 2. The van der Waals surface area contributed by atoms with Gasteiger partial charge < -0.3 is 9.84 Å². The molecular weight excluding hydrogens is 244 g/mol. The Morgan fingerprint density at radius 1 is 1.21 bits per heavy atom. The van der Waals surface area contributed by atoms with Gasteiger partial charge in [0.1, 0.15) is 5.78 Å². The number of fused-ring (bicyclic) bond motifs is 1. The fraction of sp³-hybridized carbons (Fsp3) is 0.867. The zero-order valence-corrected chi connectivity index (χ0v) is 11.9. The summed E-state index contributed by atoms with van der Waals surface area (Å²) in [6, 6.07) is 0. The lowest BCUT2D eigenvalue weighted by Crippen LogP contribution is -2.63. The first-order valence-corrected chi connectivity index (χ1v) is 7.38. The quantitative estimate of drug-likeness (QED) is 0.797. The van der Waals surface area contributed by atoms with E-state index in [4.69, 9.17) is 4.74 Å². The summed E-state index contributed by atoms with van der Waals surface area (Å²) in [5.41, 5.74) is -2.04. The Hall–Kier alpha value is -0.900. The maximum Gasteiger partial charge on any atom is 0.315 e. The Morgan fingerprint density at radius 3 is 2.47 bits per heavy atom. The van der Waals surface area contributed by atoms with Crippen molar-refractivity contribution in [1.82, 2.24) is 0 Å². The van der Waals surface area contributed by atoms with Crippen molar-refractivity contribution in [3.63, 3.8) is 0 Å². The fourth-order valence-electron chi connectivity index (χ4n) is 4.16. The summed E-state index contributed by atoms with van der Waals surface area (Å²) in [4.78, 5) is 24.3. The number of carbonyl (C=O) groups excluding carboxylic acids is 2.